The molecule has 1 aromatic heterocycles. The average Bonchev–Trinajstić information content (AvgIpc) is 3.25. The molecule has 0 aliphatic rings. The molecule has 160 valence electrons. The highest BCUT2D eigenvalue weighted by Gasteiger charge is 2.17. The van der Waals surface area contributed by atoms with Gasteiger partial charge in [-0.25, -0.2) is 9.82 Å². The van der Waals surface area contributed by atoms with Crippen molar-refractivity contribution in [1.82, 2.24) is 20.2 Å². The Bertz CT molecular complexity index is 1230. The van der Waals surface area contributed by atoms with Crippen LogP contribution in [0.4, 0.5) is 4.39 Å². The van der Waals surface area contributed by atoms with Crippen molar-refractivity contribution < 1.29 is 9.18 Å². The quantitative estimate of drug-likeness (QED) is 0.237. The molecule has 32 heavy (non-hydrogen) atoms. The third kappa shape index (κ3) is 5.04. The van der Waals surface area contributed by atoms with Gasteiger partial charge in [0.1, 0.15) is 5.82 Å². The number of para-hydroxylation sites is 1. The molecule has 3 aromatic carbocycles. The molecule has 9 heteroatoms. The highest BCUT2D eigenvalue weighted by Crippen LogP contribution is 2.27. The van der Waals surface area contributed by atoms with Crippen LogP contribution in [0.3, 0.4) is 0 Å². The number of amides is 1. The van der Waals surface area contributed by atoms with Crippen LogP contribution in [0.5, 0.6) is 0 Å². The van der Waals surface area contributed by atoms with E-state index in [4.69, 9.17) is 11.6 Å². The third-order valence-corrected chi connectivity index (χ3v) is 5.65. The summed E-state index contributed by atoms with van der Waals surface area (Å²) in [6, 6.07) is 23.7. The molecule has 0 saturated carbocycles. The van der Waals surface area contributed by atoms with E-state index in [1.807, 2.05) is 65.2 Å². The summed E-state index contributed by atoms with van der Waals surface area (Å²) in [5.41, 5.74) is 4.28. The SMILES string of the molecule is O=C(CSc1nnc(-c2ccccc2)n1-c1ccccc1)NN=Cc1c(F)cccc1Cl. The van der Waals surface area contributed by atoms with Gasteiger partial charge in [0.15, 0.2) is 11.0 Å². The number of nitrogens with zero attached hydrogens (tertiary/aromatic N) is 4. The molecule has 4 aromatic rings. The van der Waals surface area contributed by atoms with E-state index >= 15 is 0 Å². The minimum absolute atomic E-state index is 0.0438. The number of hydrogen-bond donors (Lipinski definition) is 1. The van der Waals surface area contributed by atoms with E-state index in [-0.39, 0.29) is 22.2 Å². The van der Waals surface area contributed by atoms with Crippen molar-refractivity contribution in [3.63, 3.8) is 0 Å². The first kappa shape index (κ1) is 21.7. The van der Waals surface area contributed by atoms with Crippen LogP contribution < -0.4 is 5.43 Å². The molecule has 4 rings (SSSR count). The molecule has 6 nitrogen and oxygen atoms in total. The fourth-order valence-corrected chi connectivity index (χ4v) is 3.87. The van der Waals surface area contributed by atoms with E-state index in [9.17, 15) is 9.18 Å². The summed E-state index contributed by atoms with van der Waals surface area (Å²) >= 11 is 7.17. The van der Waals surface area contributed by atoms with Gasteiger partial charge in [-0.15, -0.1) is 10.2 Å². The average molecular weight is 466 g/mol. The van der Waals surface area contributed by atoms with Crippen molar-refractivity contribution in [2.24, 2.45) is 5.10 Å². The summed E-state index contributed by atoms with van der Waals surface area (Å²) in [4.78, 5) is 12.3. The summed E-state index contributed by atoms with van der Waals surface area (Å²) in [5.74, 6) is -0.175. The van der Waals surface area contributed by atoms with E-state index in [0.29, 0.717) is 11.0 Å². The van der Waals surface area contributed by atoms with E-state index in [1.165, 1.54) is 30.1 Å². The lowest BCUT2D eigenvalue weighted by atomic mass is 10.2. The number of carbonyl (C=O) groups excluding carboxylic acids is 1. The van der Waals surface area contributed by atoms with Crippen LogP contribution >= 0.6 is 23.4 Å². The second-order valence-electron chi connectivity index (χ2n) is 6.56. The molecule has 0 bridgehead atoms. The summed E-state index contributed by atoms with van der Waals surface area (Å²) < 4.78 is 15.7. The van der Waals surface area contributed by atoms with Gasteiger partial charge in [-0.1, -0.05) is 78.0 Å². The summed E-state index contributed by atoms with van der Waals surface area (Å²) in [6.45, 7) is 0. The first-order valence-corrected chi connectivity index (χ1v) is 10.9. The Balaban J connectivity index is 1.49. The van der Waals surface area contributed by atoms with Crippen LogP contribution in [0.1, 0.15) is 5.56 Å². The van der Waals surface area contributed by atoms with E-state index in [2.05, 4.69) is 20.7 Å². The van der Waals surface area contributed by atoms with Gasteiger partial charge in [0.05, 0.1) is 17.0 Å². The number of aromatic nitrogens is 3. The molecule has 0 saturated heterocycles. The lowest BCUT2D eigenvalue weighted by molar-refractivity contribution is -0.118. The molecule has 0 spiro atoms. The largest absolute Gasteiger partial charge is 0.272 e. The minimum atomic E-state index is -0.519. The van der Waals surface area contributed by atoms with E-state index < -0.39 is 5.82 Å². The van der Waals surface area contributed by atoms with Crippen LogP contribution in [0.2, 0.25) is 5.02 Å². The number of hydrazone groups is 1. The number of nitrogens with one attached hydrogen (secondary N) is 1. The Morgan fingerprint density at radius 3 is 2.47 bits per heavy atom. The highest BCUT2D eigenvalue weighted by molar-refractivity contribution is 7.99. The maximum Gasteiger partial charge on any atom is 0.250 e. The highest BCUT2D eigenvalue weighted by atomic mass is 35.5. The number of rotatable bonds is 7. The number of halogens is 2. The van der Waals surface area contributed by atoms with Gasteiger partial charge in [0.2, 0.25) is 0 Å². The van der Waals surface area contributed by atoms with Crippen LogP contribution in [-0.2, 0) is 4.79 Å². The fourth-order valence-electron chi connectivity index (χ4n) is 2.91. The maximum atomic E-state index is 13.8. The zero-order valence-electron chi connectivity index (χ0n) is 16.7. The van der Waals surface area contributed by atoms with Crippen LogP contribution in [0.25, 0.3) is 17.1 Å². The van der Waals surface area contributed by atoms with Crippen molar-refractivity contribution in [2.45, 2.75) is 5.16 Å². The normalized spacial score (nSPS) is 11.1. The van der Waals surface area contributed by atoms with Gasteiger partial charge in [-0.2, -0.15) is 5.10 Å². The third-order valence-electron chi connectivity index (χ3n) is 4.39. The smallest absolute Gasteiger partial charge is 0.250 e. The standard InChI is InChI=1S/C23H17ClFN5OS/c24-19-12-7-13-20(25)18(19)14-26-27-21(31)15-32-23-29-28-22(16-8-3-1-4-9-16)30(23)17-10-5-2-6-11-17/h1-14H,15H2,(H,27,31). The molecule has 1 heterocycles. The van der Waals surface area contributed by atoms with Gasteiger partial charge in [0, 0.05) is 16.8 Å². The summed E-state index contributed by atoms with van der Waals surface area (Å²) in [5, 5.41) is 13.2. The van der Waals surface area contributed by atoms with Gasteiger partial charge in [0.25, 0.3) is 5.91 Å². The zero-order chi connectivity index (χ0) is 22.3. The summed E-state index contributed by atoms with van der Waals surface area (Å²) in [7, 11) is 0. The predicted octanol–water partition coefficient (Wildman–Crippen LogP) is 4.97. The number of thioether (sulfide) groups is 1. The molecular formula is C23H17ClFN5OS. The lowest BCUT2D eigenvalue weighted by Gasteiger charge is -2.10. The van der Waals surface area contributed by atoms with Crippen molar-refractivity contribution in [2.75, 3.05) is 5.75 Å². The Morgan fingerprint density at radius 2 is 1.75 bits per heavy atom. The van der Waals surface area contributed by atoms with E-state index in [0.717, 1.165) is 11.3 Å². The monoisotopic (exact) mass is 465 g/mol. The van der Waals surface area contributed by atoms with Crippen LogP contribution in [0, 0.1) is 5.82 Å². The molecule has 1 N–H and O–H groups in total. The molecule has 0 aliphatic heterocycles. The second-order valence-corrected chi connectivity index (χ2v) is 7.91. The van der Waals surface area contributed by atoms with Crippen LogP contribution in [-0.4, -0.2) is 32.6 Å². The topological polar surface area (TPSA) is 72.2 Å². The molecule has 0 atom stereocenters. The van der Waals surface area contributed by atoms with Crippen LogP contribution in [0.15, 0.2) is 89.1 Å². The number of carbonyl (C=O) groups is 1. The van der Waals surface area contributed by atoms with Crippen molar-refractivity contribution in [3.05, 3.63) is 95.3 Å². The van der Waals surface area contributed by atoms with Crippen molar-refractivity contribution in [1.29, 1.82) is 0 Å². The fraction of sp³-hybridized carbons (Fsp3) is 0.0435. The molecular weight excluding hydrogens is 449 g/mol. The maximum absolute atomic E-state index is 13.8. The number of benzene rings is 3. The Kier molecular flexibility index (Phi) is 6.94. The number of hydrogen-bond acceptors (Lipinski definition) is 5. The molecule has 1 amide bonds. The van der Waals surface area contributed by atoms with Gasteiger partial charge in [-0.05, 0) is 24.3 Å². The second kappa shape index (κ2) is 10.2. The molecule has 0 radical (unpaired) electrons. The Labute approximate surface area is 193 Å². The van der Waals surface area contributed by atoms with Gasteiger partial charge < -0.3 is 0 Å². The van der Waals surface area contributed by atoms with Crippen molar-refractivity contribution >= 4 is 35.5 Å². The first-order chi connectivity index (χ1) is 15.6. The lowest BCUT2D eigenvalue weighted by Crippen LogP contribution is -2.20. The predicted molar refractivity (Wildman–Crippen MR) is 125 cm³/mol. The first-order valence-electron chi connectivity index (χ1n) is 9.58. The Hall–Kier alpha value is -3.49. The van der Waals surface area contributed by atoms with Gasteiger partial charge in [-0.3, -0.25) is 9.36 Å². The Morgan fingerprint density at radius 1 is 1.03 bits per heavy atom. The zero-order valence-corrected chi connectivity index (χ0v) is 18.2. The molecule has 0 aliphatic carbocycles. The summed E-state index contributed by atoms with van der Waals surface area (Å²) in [6.07, 6.45) is 1.18. The van der Waals surface area contributed by atoms with Crippen molar-refractivity contribution in [3.8, 4) is 17.1 Å². The van der Waals surface area contributed by atoms with Gasteiger partial charge >= 0.3 is 0 Å². The molecule has 0 fully saturated rings. The van der Waals surface area contributed by atoms with E-state index in [1.54, 1.807) is 6.07 Å². The minimum Gasteiger partial charge on any atom is -0.272 e. The molecule has 0 unspecified atom stereocenters.